The fourth-order valence-electron chi connectivity index (χ4n) is 4.43. The zero-order valence-electron chi connectivity index (χ0n) is 18.8. The van der Waals surface area contributed by atoms with Crippen LogP contribution in [0, 0.1) is 0 Å². The zero-order chi connectivity index (χ0) is 25.4. The number of aromatic nitrogens is 4. The second-order valence-electron chi connectivity index (χ2n) is 8.43. The average Bonchev–Trinajstić information content (AvgIpc) is 3.25. The van der Waals surface area contributed by atoms with E-state index in [0.29, 0.717) is 37.0 Å². The van der Waals surface area contributed by atoms with Crippen LogP contribution in [0.4, 0.5) is 0 Å². The van der Waals surface area contributed by atoms with Crippen LogP contribution in [0.1, 0.15) is 42.7 Å². The van der Waals surface area contributed by atoms with Gasteiger partial charge in [0, 0.05) is 11.6 Å². The van der Waals surface area contributed by atoms with E-state index in [4.69, 9.17) is 10.5 Å². The number of methoxy groups -OCH3 is 1. The number of tetrazole rings is 1. The Labute approximate surface area is 202 Å². The number of hydrogen-bond acceptors (Lipinski definition) is 9. The number of hydrogen-bond donors (Lipinski definition) is 3. The molecule has 0 unspecified atom stereocenters. The molecule has 1 fully saturated rings. The van der Waals surface area contributed by atoms with Gasteiger partial charge in [0.1, 0.15) is 15.5 Å². The van der Waals surface area contributed by atoms with Gasteiger partial charge in [-0.25, -0.2) is 4.68 Å². The van der Waals surface area contributed by atoms with Crippen LogP contribution in [0.25, 0.3) is 11.4 Å². The Morgan fingerprint density at radius 3 is 2.23 bits per heavy atom. The first-order chi connectivity index (χ1) is 16.5. The van der Waals surface area contributed by atoms with Crippen LogP contribution < -0.4 is 10.5 Å². The highest BCUT2D eigenvalue weighted by atomic mass is 32.2. The van der Waals surface area contributed by atoms with Gasteiger partial charge in [-0.15, -0.1) is 5.10 Å². The van der Waals surface area contributed by atoms with E-state index in [0.717, 1.165) is 11.6 Å². The molecule has 0 bridgehead atoms. The highest BCUT2D eigenvalue weighted by Crippen LogP contribution is 2.42. The van der Waals surface area contributed by atoms with Crippen molar-refractivity contribution in [1.29, 1.82) is 0 Å². The number of ether oxygens (including phenoxy) is 1. The summed E-state index contributed by atoms with van der Waals surface area (Å²) in [6, 6.07) is 9.42. The summed E-state index contributed by atoms with van der Waals surface area (Å²) in [6.07, 6.45) is 2.60. The number of nitrogens with zero attached hydrogens (tertiary/aromatic N) is 4. The van der Waals surface area contributed by atoms with Crippen molar-refractivity contribution in [2.24, 2.45) is 5.73 Å². The molecule has 4 rings (SSSR count). The molecule has 2 aromatic carbocycles. The summed E-state index contributed by atoms with van der Waals surface area (Å²) < 4.78 is 75.5. The number of benzene rings is 2. The molecule has 3 aromatic rings. The molecule has 0 spiro atoms. The molecule has 0 saturated heterocycles. The van der Waals surface area contributed by atoms with Crippen LogP contribution in [0.3, 0.4) is 0 Å². The molecule has 0 atom stereocenters. The monoisotopic (exact) mass is 523 g/mol. The van der Waals surface area contributed by atoms with Gasteiger partial charge in [-0.1, -0.05) is 18.2 Å². The third kappa shape index (κ3) is 5.36. The normalized spacial score (nSPS) is 19.0. The quantitative estimate of drug-likeness (QED) is 0.384. The van der Waals surface area contributed by atoms with Gasteiger partial charge < -0.3 is 10.5 Å². The summed E-state index contributed by atoms with van der Waals surface area (Å²) in [6.45, 7) is 0.113. The fourth-order valence-corrected chi connectivity index (χ4v) is 6.43. The van der Waals surface area contributed by atoms with E-state index in [-0.39, 0.29) is 29.9 Å². The van der Waals surface area contributed by atoms with Gasteiger partial charge in [0.25, 0.3) is 20.2 Å². The lowest BCUT2D eigenvalue weighted by Gasteiger charge is -2.28. The van der Waals surface area contributed by atoms with Gasteiger partial charge in [-0.05, 0) is 71.4 Å². The fraction of sp³-hybridized carbons (Fsp3) is 0.381. The Morgan fingerprint density at radius 2 is 1.66 bits per heavy atom. The highest BCUT2D eigenvalue weighted by Gasteiger charge is 2.35. The van der Waals surface area contributed by atoms with Crippen molar-refractivity contribution in [3.05, 3.63) is 47.5 Å². The molecule has 1 aliphatic rings. The first-order valence-electron chi connectivity index (χ1n) is 10.8. The number of rotatable bonds is 7. The van der Waals surface area contributed by atoms with E-state index in [9.17, 15) is 25.9 Å². The minimum atomic E-state index is -5.13. The molecule has 1 heterocycles. The molecule has 188 valence electrons. The van der Waals surface area contributed by atoms with E-state index in [2.05, 4.69) is 15.5 Å². The molecule has 0 amide bonds. The smallest absolute Gasteiger partial charge is 0.296 e. The lowest BCUT2D eigenvalue weighted by molar-refractivity contribution is 0.395. The zero-order valence-corrected chi connectivity index (χ0v) is 20.4. The SMILES string of the molecule is COc1ccc(Cn2nnnc2-c2c(C3CCC(N)CC3)ccc(S(=O)(=O)O)c2S(=O)(=O)O)cc1. The molecule has 4 N–H and O–H groups in total. The number of nitrogens with two attached hydrogens (primary N) is 1. The van der Waals surface area contributed by atoms with Crippen molar-refractivity contribution in [3.8, 4) is 17.1 Å². The molecular formula is C21H25N5O7S2. The summed E-state index contributed by atoms with van der Waals surface area (Å²) >= 11 is 0. The Balaban J connectivity index is 1.94. The van der Waals surface area contributed by atoms with Gasteiger partial charge >= 0.3 is 0 Å². The third-order valence-electron chi connectivity index (χ3n) is 6.15. The first kappa shape index (κ1) is 25.2. The van der Waals surface area contributed by atoms with Crippen molar-refractivity contribution in [3.63, 3.8) is 0 Å². The third-order valence-corrected chi connectivity index (χ3v) is 8.11. The molecule has 1 aromatic heterocycles. The van der Waals surface area contributed by atoms with Crippen molar-refractivity contribution in [1.82, 2.24) is 20.2 Å². The van der Waals surface area contributed by atoms with Gasteiger partial charge in [-0.3, -0.25) is 9.11 Å². The van der Waals surface area contributed by atoms with Crippen LogP contribution >= 0.6 is 0 Å². The molecule has 1 saturated carbocycles. The van der Waals surface area contributed by atoms with E-state index < -0.39 is 30.0 Å². The summed E-state index contributed by atoms with van der Waals surface area (Å²) in [5, 5.41) is 11.6. The summed E-state index contributed by atoms with van der Waals surface area (Å²) in [4.78, 5) is -1.91. The second kappa shape index (κ2) is 9.62. The van der Waals surface area contributed by atoms with Crippen LogP contribution in [0.15, 0.2) is 46.2 Å². The highest BCUT2D eigenvalue weighted by molar-refractivity contribution is 7.89. The lowest BCUT2D eigenvalue weighted by atomic mass is 9.80. The largest absolute Gasteiger partial charge is 0.497 e. The van der Waals surface area contributed by atoms with E-state index >= 15 is 0 Å². The molecule has 35 heavy (non-hydrogen) atoms. The summed E-state index contributed by atoms with van der Waals surface area (Å²) in [5.41, 5.74) is 7.06. The van der Waals surface area contributed by atoms with Gasteiger partial charge in [-0.2, -0.15) is 16.8 Å². The van der Waals surface area contributed by atoms with E-state index in [1.807, 2.05) is 0 Å². The maximum atomic E-state index is 12.5. The Bertz CT molecular complexity index is 1430. The van der Waals surface area contributed by atoms with Crippen LogP contribution in [-0.4, -0.2) is 59.3 Å². The molecule has 1 aliphatic carbocycles. The molecule has 0 aliphatic heterocycles. The Hall–Kier alpha value is -2.91. The second-order valence-corrected chi connectivity index (χ2v) is 11.2. The first-order valence-corrected chi connectivity index (χ1v) is 13.6. The van der Waals surface area contributed by atoms with Crippen molar-refractivity contribution in [2.75, 3.05) is 7.11 Å². The van der Waals surface area contributed by atoms with Crippen LogP contribution in [0.5, 0.6) is 5.75 Å². The van der Waals surface area contributed by atoms with Crippen LogP contribution in [0.2, 0.25) is 0 Å². The molecule has 12 nitrogen and oxygen atoms in total. The van der Waals surface area contributed by atoms with Gasteiger partial charge in [0.15, 0.2) is 5.82 Å². The predicted molar refractivity (Wildman–Crippen MR) is 124 cm³/mol. The van der Waals surface area contributed by atoms with Gasteiger partial charge in [0.05, 0.1) is 13.7 Å². The van der Waals surface area contributed by atoms with E-state index in [1.54, 1.807) is 24.3 Å². The van der Waals surface area contributed by atoms with Gasteiger partial charge in [0.2, 0.25) is 0 Å². The molecule has 0 radical (unpaired) electrons. The Kier molecular flexibility index (Phi) is 6.92. The lowest BCUT2D eigenvalue weighted by Crippen LogP contribution is -2.26. The summed E-state index contributed by atoms with van der Waals surface area (Å²) in [7, 11) is -8.62. The maximum absolute atomic E-state index is 12.5. The minimum absolute atomic E-state index is 0.00762. The topological polar surface area (TPSA) is 188 Å². The van der Waals surface area contributed by atoms with Crippen LogP contribution in [-0.2, 0) is 26.8 Å². The Morgan fingerprint density at radius 1 is 1.00 bits per heavy atom. The maximum Gasteiger partial charge on any atom is 0.296 e. The molecular weight excluding hydrogens is 498 g/mol. The predicted octanol–water partition coefficient (Wildman–Crippen LogP) is 1.88. The average molecular weight is 524 g/mol. The van der Waals surface area contributed by atoms with E-state index in [1.165, 1.54) is 17.9 Å². The standard InChI is InChI=1S/C21H25N5O7S2/c1-33-16-8-2-13(3-9-16)12-26-21(23-24-25-26)19-17(14-4-6-15(22)7-5-14)10-11-18(34(27,28)29)20(19)35(30,31)32/h2-3,8-11,14-15H,4-7,12,22H2,1H3,(H,27,28,29)(H,30,31,32). The van der Waals surface area contributed by atoms with Crippen molar-refractivity contribution in [2.45, 2.75) is 54.0 Å². The van der Waals surface area contributed by atoms with Crippen molar-refractivity contribution >= 4 is 20.2 Å². The van der Waals surface area contributed by atoms with Crippen molar-refractivity contribution < 1.29 is 30.7 Å². The molecule has 14 heteroatoms. The minimum Gasteiger partial charge on any atom is -0.497 e. The summed E-state index contributed by atoms with van der Waals surface area (Å²) in [5.74, 6) is 0.383.